The topological polar surface area (TPSA) is 67.6 Å². The van der Waals surface area contributed by atoms with Crippen LogP contribution in [-0.4, -0.2) is 21.7 Å². The Kier molecular flexibility index (Phi) is 3.82. The van der Waals surface area contributed by atoms with E-state index in [9.17, 15) is 0 Å². The van der Waals surface area contributed by atoms with E-state index in [4.69, 9.17) is 17.3 Å². The van der Waals surface area contributed by atoms with Gasteiger partial charge in [0.05, 0.1) is 0 Å². The van der Waals surface area contributed by atoms with Crippen LogP contribution in [0.5, 0.6) is 0 Å². The fourth-order valence-electron chi connectivity index (χ4n) is 1.37. The number of hydrogen-bond donors (Lipinski definition) is 2. The van der Waals surface area contributed by atoms with E-state index in [1.165, 1.54) is 18.1 Å². The zero-order valence-electron chi connectivity index (χ0n) is 8.48. The predicted octanol–water partition coefficient (Wildman–Crippen LogP) is 2.11. The van der Waals surface area contributed by atoms with E-state index >= 15 is 0 Å². The molecule has 4 nitrogen and oxygen atoms in total. The van der Waals surface area contributed by atoms with Crippen molar-refractivity contribution in [1.82, 2.24) is 15.2 Å². The molecule has 0 fully saturated rings. The SMILES string of the molecule is NCCc1c(Cl)cccc1Sc1ncn[nH]1. The maximum Gasteiger partial charge on any atom is 0.188 e. The van der Waals surface area contributed by atoms with Crippen molar-refractivity contribution in [3.63, 3.8) is 0 Å². The Morgan fingerprint density at radius 1 is 1.44 bits per heavy atom. The first kappa shape index (κ1) is 11.4. The van der Waals surface area contributed by atoms with Gasteiger partial charge in [0, 0.05) is 9.92 Å². The van der Waals surface area contributed by atoms with Crippen molar-refractivity contribution in [2.75, 3.05) is 6.54 Å². The Bertz CT molecular complexity index is 458. The highest BCUT2D eigenvalue weighted by Gasteiger charge is 2.08. The van der Waals surface area contributed by atoms with Gasteiger partial charge in [-0.2, -0.15) is 5.10 Å². The van der Waals surface area contributed by atoms with Gasteiger partial charge in [-0.3, -0.25) is 5.10 Å². The van der Waals surface area contributed by atoms with Gasteiger partial charge in [-0.1, -0.05) is 29.4 Å². The summed E-state index contributed by atoms with van der Waals surface area (Å²) < 4.78 is 0. The molecule has 1 aromatic heterocycles. The number of H-pyrrole nitrogens is 1. The minimum absolute atomic E-state index is 0.577. The third-order valence-electron chi connectivity index (χ3n) is 2.07. The number of nitrogens with zero attached hydrogens (tertiary/aromatic N) is 2. The molecule has 0 unspecified atom stereocenters. The monoisotopic (exact) mass is 254 g/mol. The van der Waals surface area contributed by atoms with Gasteiger partial charge in [0.1, 0.15) is 6.33 Å². The minimum Gasteiger partial charge on any atom is -0.330 e. The van der Waals surface area contributed by atoms with E-state index in [-0.39, 0.29) is 0 Å². The zero-order chi connectivity index (χ0) is 11.4. The summed E-state index contributed by atoms with van der Waals surface area (Å²) in [7, 11) is 0. The molecule has 2 rings (SSSR count). The molecule has 0 bridgehead atoms. The van der Waals surface area contributed by atoms with Crippen LogP contribution < -0.4 is 5.73 Å². The lowest BCUT2D eigenvalue weighted by molar-refractivity contribution is 0.937. The van der Waals surface area contributed by atoms with Crippen molar-refractivity contribution in [3.8, 4) is 0 Å². The highest BCUT2D eigenvalue weighted by Crippen LogP contribution is 2.31. The van der Waals surface area contributed by atoms with E-state index in [2.05, 4.69) is 15.2 Å². The van der Waals surface area contributed by atoms with Crippen molar-refractivity contribution < 1.29 is 0 Å². The standard InChI is InChI=1S/C10H11ClN4S/c11-8-2-1-3-9(7(8)4-5-12)16-10-13-6-14-15-10/h1-3,6H,4-5,12H2,(H,13,14,15). The Balaban J connectivity index is 2.29. The maximum atomic E-state index is 6.13. The molecule has 0 aliphatic heterocycles. The van der Waals surface area contributed by atoms with E-state index in [1.54, 1.807) is 0 Å². The maximum absolute atomic E-state index is 6.13. The first-order valence-electron chi connectivity index (χ1n) is 4.82. The van der Waals surface area contributed by atoms with Crippen LogP contribution in [0, 0.1) is 0 Å². The van der Waals surface area contributed by atoms with Crippen LogP contribution in [-0.2, 0) is 6.42 Å². The van der Waals surface area contributed by atoms with Gasteiger partial charge in [-0.15, -0.1) is 0 Å². The van der Waals surface area contributed by atoms with Crippen molar-refractivity contribution in [2.45, 2.75) is 16.5 Å². The van der Waals surface area contributed by atoms with Gasteiger partial charge >= 0.3 is 0 Å². The van der Waals surface area contributed by atoms with E-state index in [1.807, 2.05) is 18.2 Å². The Hall–Kier alpha value is -1.04. The molecule has 1 heterocycles. The second kappa shape index (κ2) is 5.34. The smallest absolute Gasteiger partial charge is 0.188 e. The summed E-state index contributed by atoms with van der Waals surface area (Å²) in [5, 5.41) is 8.10. The zero-order valence-corrected chi connectivity index (χ0v) is 10.1. The Morgan fingerprint density at radius 3 is 3.00 bits per heavy atom. The molecule has 0 saturated carbocycles. The molecule has 0 radical (unpaired) electrons. The number of rotatable bonds is 4. The molecule has 1 aromatic carbocycles. The molecule has 0 amide bonds. The van der Waals surface area contributed by atoms with Crippen molar-refractivity contribution in [3.05, 3.63) is 35.1 Å². The summed E-state index contributed by atoms with van der Waals surface area (Å²) in [5.41, 5.74) is 6.63. The largest absolute Gasteiger partial charge is 0.330 e. The summed E-state index contributed by atoms with van der Waals surface area (Å²) in [5.74, 6) is 0. The Labute approximate surface area is 103 Å². The van der Waals surface area contributed by atoms with E-state index in [0.717, 1.165) is 27.1 Å². The molecule has 0 saturated heterocycles. The Morgan fingerprint density at radius 2 is 2.31 bits per heavy atom. The molecule has 84 valence electrons. The second-order valence-electron chi connectivity index (χ2n) is 3.15. The first-order chi connectivity index (χ1) is 7.81. The minimum atomic E-state index is 0.577. The van der Waals surface area contributed by atoms with Crippen LogP contribution in [0.4, 0.5) is 0 Å². The summed E-state index contributed by atoms with van der Waals surface area (Å²) in [6, 6.07) is 5.79. The quantitative estimate of drug-likeness (QED) is 0.877. The number of nitrogens with one attached hydrogen (secondary N) is 1. The lowest BCUT2D eigenvalue weighted by Crippen LogP contribution is -2.04. The van der Waals surface area contributed by atoms with E-state index < -0.39 is 0 Å². The van der Waals surface area contributed by atoms with Crippen molar-refractivity contribution in [1.29, 1.82) is 0 Å². The third-order valence-corrected chi connectivity index (χ3v) is 3.42. The molecule has 0 atom stereocenters. The van der Waals surface area contributed by atoms with Crippen LogP contribution in [0.1, 0.15) is 5.56 Å². The van der Waals surface area contributed by atoms with Crippen LogP contribution >= 0.6 is 23.4 Å². The van der Waals surface area contributed by atoms with Gasteiger partial charge in [-0.25, -0.2) is 4.98 Å². The predicted molar refractivity (Wildman–Crippen MR) is 64.7 cm³/mol. The molecule has 16 heavy (non-hydrogen) atoms. The van der Waals surface area contributed by atoms with Gasteiger partial charge in [0.2, 0.25) is 0 Å². The molecule has 3 N–H and O–H groups in total. The number of benzene rings is 1. The van der Waals surface area contributed by atoms with Crippen LogP contribution in [0.25, 0.3) is 0 Å². The number of nitrogens with two attached hydrogens (primary N) is 1. The van der Waals surface area contributed by atoms with E-state index in [0.29, 0.717) is 6.54 Å². The molecule has 0 aliphatic carbocycles. The number of aromatic amines is 1. The summed E-state index contributed by atoms with van der Waals surface area (Å²) in [6.07, 6.45) is 2.24. The van der Waals surface area contributed by atoms with Crippen LogP contribution in [0.2, 0.25) is 5.02 Å². The summed E-state index contributed by atoms with van der Waals surface area (Å²) in [4.78, 5) is 5.13. The van der Waals surface area contributed by atoms with Gasteiger partial charge in [0.25, 0.3) is 0 Å². The first-order valence-corrected chi connectivity index (χ1v) is 6.01. The third kappa shape index (κ3) is 2.55. The molecule has 0 aliphatic rings. The highest BCUT2D eigenvalue weighted by atomic mass is 35.5. The molecule has 0 spiro atoms. The van der Waals surface area contributed by atoms with Gasteiger partial charge in [-0.05, 0) is 30.7 Å². The molecular weight excluding hydrogens is 244 g/mol. The summed E-state index contributed by atoms with van der Waals surface area (Å²) in [6.45, 7) is 0.577. The van der Waals surface area contributed by atoms with Crippen molar-refractivity contribution in [2.24, 2.45) is 5.73 Å². The van der Waals surface area contributed by atoms with Gasteiger partial charge < -0.3 is 5.73 Å². The highest BCUT2D eigenvalue weighted by molar-refractivity contribution is 7.99. The second-order valence-corrected chi connectivity index (χ2v) is 4.59. The number of aromatic nitrogens is 3. The summed E-state index contributed by atoms with van der Waals surface area (Å²) >= 11 is 7.64. The average molecular weight is 255 g/mol. The fourth-order valence-corrected chi connectivity index (χ4v) is 2.58. The molecular formula is C10H11ClN4S. The van der Waals surface area contributed by atoms with Gasteiger partial charge in [0.15, 0.2) is 5.16 Å². The lowest BCUT2D eigenvalue weighted by atomic mass is 10.1. The van der Waals surface area contributed by atoms with Crippen LogP contribution in [0.15, 0.2) is 34.6 Å². The average Bonchev–Trinajstić information content (AvgIpc) is 2.76. The van der Waals surface area contributed by atoms with Crippen LogP contribution in [0.3, 0.4) is 0 Å². The number of hydrogen-bond acceptors (Lipinski definition) is 4. The number of halogens is 1. The molecule has 2 aromatic rings. The lowest BCUT2D eigenvalue weighted by Gasteiger charge is -2.08. The normalized spacial score (nSPS) is 10.6. The molecule has 6 heteroatoms. The van der Waals surface area contributed by atoms with Crippen molar-refractivity contribution >= 4 is 23.4 Å². The fraction of sp³-hybridized carbons (Fsp3) is 0.200.